The molecule has 0 saturated carbocycles. The maximum atomic E-state index is 11.0. The van der Waals surface area contributed by atoms with E-state index < -0.39 is 0 Å². The minimum atomic E-state index is 0.0504. The Labute approximate surface area is 133 Å². The zero-order valence-corrected chi connectivity index (χ0v) is 15.0. The average molecular weight is 304 g/mol. The first-order valence-electron chi connectivity index (χ1n) is 7.64. The number of pyridine rings is 1. The van der Waals surface area contributed by atoms with Crippen molar-refractivity contribution < 1.29 is 4.52 Å². The maximum absolute atomic E-state index is 11.0. The van der Waals surface area contributed by atoms with Gasteiger partial charge in [-0.2, -0.15) is 0 Å². The van der Waals surface area contributed by atoms with E-state index in [4.69, 9.17) is 4.52 Å². The standard InChI is InChI=1S/C9H15NO.C9H13NO/c1-6-8(9(3,4)5)7(2)11-10-6;1-7(2)8-4-5-9(11)10(3)6-8/h1-5H3;4-7H,1-3H3. The van der Waals surface area contributed by atoms with Crippen LogP contribution in [0.4, 0.5) is 0 Å². The SMILES string of the molecule is CC(C)c1ccc(=O)n(C)c1.Cc1noc(C)c1C(C)(C)C. The number of aromatic nitrogens is 2. The maximum Gasteiger partial charge on any atom is 0.250 e. The van der Waals surface area contributed by atoms with Crippen LogP contribution in [0.2, 0.25) is 0 Å². The van der Waals surface area contributed by atoms with Crippen molar-refractivity contribution >= 4 is 0 Å². The van der Waals surface area contributed by atoms with Gasteiger partial charge in [-0.3, -0.25) is 4.79 Å². The molecule has 0 unspecified atom stereocenters. The van der Waals surface area contributed by atoms with Crippen LogP contribution in [0.3, 0.4) is 0 Å². The van der Waals surface area contributed by atoms with E-state index in [0.717, 1.165) is 11.5 Å². The van der Waals surface area contributed by atoms with Gasteiger partial charge in [-0.05, 0) is 30.7 Å². The van der Waals surface area contributed by atoms with Crippen LogP contribution in [0.25, 0.3) is 0 Å². The molecular weight excluding hydrogens is 276 g/mol. The lowest BCUT2D eigenvalue weighted by Gasteiger charge is -2.17. The quantitative estimate of drug-likeness (QED) is 0.797. The van der Waals surface area contributed by atoms with Crippen LogP contribution in [0.5, 0.6) is 0 Å². The molecule has 0 aromatic carbocycles. The first-order valence-corrected chi connectivity index (χ1v) is 7.64. The van der Waals surface area contributed by atoms with E-state index in [1.54, 1.807) is 17.7 Å². The molecule has 2 heterocycles. The molecule has 2 rings (SSSR count). The number of aryl methyl sites for hydroxylation is 3. The second-order valence-corrected chi connectivity index (χ2v) is 7.02. The highest BCUT2D eigenvalue weighted by molar-refractivity contribution is 5.28. The molecule has 4 nitrogen and oxygen atoms in total. The monoisotopic (exact) mass is 304 g/mol. The van der Waals surface area contributed by atoms with Gasteiger partial charge in [0.2, 0.25) is 5.56 Å². The van der Waals surface area contributed by atoms with Gasteiger partial charge >= 0.3 is 0 Å². The molecule has 2 aromatic rings. The molecule has 2 aromatic heterocycles. The van der Waals surface area contributed by atoms with Crippen LogP contribution in [0.15, 0.2) is 27.6 Å². The molecule has 0 N–H and O–H groups in total. The highest BCUT2D eigenvalue weighted by atomic mass is 16.5. The van der Waals surface area contributed by atoms with Gasteiger partial charge in [0.15, 0.2) is 0 Å². The molecule has 0 saturated heterocycles. The van der Waals surface area contributed by atoms with E-state index in [2.05, 4.69) is 39.8 Å². The van der Waals surface area contributed by atoms with Crippen molar-refractivity contribution in [3.63, 3.8) is 0 Å². The van der Waals surface area contributed by atoms with Crippen LogP contribution in [-0.2, 0) is 12.5 Å². The van der Waals surface area contributed by atoms with Gasteiger partial charge in [0.1, 0.15) is 5.76 Å². The summed E-state index contributed by atoms with van der Waals surface area (Å²) in [6, 6.07) is 3.49. The smallest absolute Gasteiger partial charge is 0.250 e. The van der Waals surface area contributed by atoms with Gasteiger partial charge in [-0.25, -0.2) is 0 Å². The fourth-order valence-corrected chi connectivity index (χ4v) is 2.51. The molecule has 0 fully saturated rings. The molecule has 0 bridgehead atoms. The zero-order valence-electron chi connectivity index (χ0n) is 15.0. The molecule has 22 heavy (non-hydrogen) atoms. The Morgan fingerprint density at radius 3 is 2.09 bits per heavy atom. The van der Waals surface area contributed by atoms with Crippen LogP contribution in [-0.4, -0.2) is 9.72 Å². The fourth-order valence-electron chi connectivity index (χ4n) is 2.51. The minimum absolute atomic E-state index is 0.0504. The van der Waals surface area contributed by atoms with Crippen molar-refractivity contribution in [3.8, 4) is 0 Å². The number of nitrogens with zero attached hydrogens (tertiary/aromatic N) is 2. The molecule has 0 radical (unpaired) electrons. The van der Waals surface area contributed by atoms with Crippen LogP contribution in [0.1, 0.15) is 63.1 Å². The van der Waals surface area contributed by atoms with Gasteiger partial charge in [0.05, 0.1) is 5.69 Å². The van der Waals surface area contributed by atoms with Gasteiger partial charge in [0, 0.05) is 24.9 Å². The van der Waals surface area contributed by atoms with Crippen molar-refractivity contribution in [1.29, 1.82) is 0 Å². The van der Waals surface area contributed by atoms with Crippen LogP contribution in [0, 0.1) is 13.8 Å². The minimum Gasteiger partial charge on any atom is -0.361 e. The lowest BCUT2D eigenvalue weighted by atomic mass is 9.86. The van der Waals surface area contributed by atoms with Crippen LogP contribution < -0.4 is 5.56 Å². The van der Waals surface area contributed by atoms with E-state index >= 15 is 0 Å². The summed E-state index contributed by atoms with van der Waals surface area (Å²) in [6.07, 6.45) is 1.88. The van der Waals surface area contributed by atoms with Gasteiger partial charge < -0.3 is 9.09 Å². The fraction of sp³-hybridized carbons (Fsp3) is 0.556. The summed E-state index contributed by atoms with van der Waals surface area (Å²) in [5.41, 5.74) is 3.64. The average Bonchev–Trinajstić information content (AvgIpc) is 2.72. The largest absolute Gasteiger partial charge is 0.361 e. The molecule has 0 aliphatic rings. The normalized spacial score (nSPS) is 11.3. The van der Waals surface area contributed by atoms with Crippen molar-refractivity contribution in [2.45, 2.75) is 59.8 Å². The molecule has 0 aliphatic heterocycles. The van der Waals surface area contributed by atoms with Gasteiger partial charge in [0.25, 0.3) is 0 Å². The van der Waals surface area contributed by atoms with E-state index in [0.29, 0.717) is 5.92 Å². The van der Waals surface area contributed by atoms with Crippen molar-refractivity contribution in [3.05, 3.63) is 51.3 Å². The number of hydrogen-bond donors (Lipinski definition) is 0. The molecule has 4 heteroatoms. The van der Waals surface area contributed by atoms with Gasteiger partial charge in [-0.15, -0.1) is 0 Å². The summed E-state index contributed by atoms with van der Waals surface area (Å²) in [5.74, 6) is 1.43. The molecule has 0 spiro atoms. The summed E-state index contributed by atoms with van der Waals surface area (Å²) in [5, 5.41) is 3.91. The molecule has 122 valence electrons. The topological polar surface area (TPSA) is 48.0 Å². The Hall–Kier alpha value is -1.84. The lowest BCUT2D eigenvalue weighted by molar-refractivity contribution is 0.389. The summed E-state index contributed by atoms with van der Waals surface area (Å²) in [4.78, 5) is 11.0. The van der Waals surface area contributed by atoms with Gasteiger partial charge in [-0.1, -0.05) is 45.8 Å². The van der Waals surface area contributed by atoms with Crippen molar-refractivity contribution in [2.24, 2.45) is 7.05 Å². The Kier molecular flexibility index (Phi) is 5.75. The molecule has 0 amide bonds. The van der Waals surface area contributed by atoms with E-state index in [9.17, 15) is 4.79 Å². The van der Waals surface area contributed by atoms with Crippen molar-refractivity contribution in [1.82, 2.24) is 9.72 Å². The zero-order chi connectivity index (χ0) is 17.1. The Balaban J connectivity index is 0.000000220. The van der Waals surface area contributed by atoms with Crippen molar-refractivity contribution in [2.75, 3.05) is 0 Å². The van der Waals surface area contributed by atoms with E-state index in [1.165, 1.54) is 11.1 Å². The number of rotatable bonds is 1. The molecule has 0 aliphatic carbocycles. The first-order chi connectivity index (χ1) is 10.0. The Morgan fingerprint density at radius 1 is 1.18 bits per heavy atom. The third-order valence-corrected chi connectivity index (χ3v) is 3.56. The Morgan fingerprint density at radius 2 is 1.77 bits per heavy atom. The summed E-state index contributed by atoms with van der Waals surface area (Å²) < 4.78 is 6.68. The highest BCUT2D eigenvalue weighted by Crippen LogP contribution is 2.27. The lowest BCUT2D eigenvalue weighted by Crippen LogP contribution is -2.15. The first kappa shape index (κ1) is 18.2. The van der Waals surface area contributed by atoms with Crippen LogP contribution >= 0.6 is 0 Å². The summed E-state index contributed by atoms with van der Waals surface area (Å²) in [6.45, 7) is 14.7. The van der Waals surface area contributed by atoms with E-state index in [1.807, 2.05) is 26.1 Å². The Bertz CT molecular complexity index is 654. The highest BCUT2D eigenvalue weighted by Gasteiger charge is 2.22. The predicted octanol–water partition coefficient (Wildman–Crippen LogP) is 4.10. The molecule has 0 atom stereocenters. The summed E-state index contributed by atoms with van der Waals surface area (Å²) in [7, 11) is 1.77. The third kappa shape index (κ3) is 4.58. The second kappa shape index (κ2) is 6.95. The summed E-state index contributed by atoms with van der Waals surface area (Å²) >= 11 is 0. The number of hydrogen-bond acceptors (Lipinski definition) is 3. The second-order valence-electron chi connectivity index (χ2n) is 7.02. The predicted molar refractivity (Wildman–Crippen MR) is 90.4 cm³/mol. The van der Waals surface area contributed by atoms with E-state index in [-0.39, 0.29) is 11.0 Å². The molecular formula is C18H28N2O2. The third-order valence-electron chi connectivity index (χ3n) is 3.56.